The molecule has 2 heteroatoms. The van der Waals surface area contributed by atoms with Gasteiger partial charge >= 0.3 is 0 Å². The Morgan fingerprint density at radius 2 is 1.24 bits per heavy atom. The van der Waals surface area contributed by atoms with Crippen molar-refractivity contribution >= 4 is 11.0 Å². The van der Waals surface area contributed by atoms with Gasteiger partial charge in [-0.05, 0) is 63.8 Å². The minimum atomic E-state index is 0.104. The van der Waals surface area contributed by atoms with Gasteiger partial charge in [0.25, 0.3) is 0 Å². The van der Waals surface area contributed by atoms with E-state index in [2.05, 4.69) is 13.8 Å². The first kappa shape index (κ1) is 11.9. The van der Waals surface area contributed by atoms with Crippen LogP contribution in [0.2, 0.25) is 0 Å². The standard InChI is InChI=1S/C15H18O2/c1-7-8(2)10(4)15-13(9(7)3)14(16)11(5)12(6)17-15/h1-6H3. The predicted molar refractivity (Wildman–Crippen MR) is 70.9 cm³/mol. The van der Waals surface area contributed by atoms with Gasteiger partial charge in [-0.3, -0.25) is 4.79 Å². The molecule has 0 spiro atoms. The van der Waals surface area contributed by atoms with Gasteiger partial charge in [0.2, 0.25) is 0 Å². The molecule has 0 atom stereocenters. The fourth-order valence-electron chi connectivity index (χ4n) is 2.26. The number of fused-ring (bicyclic) bond motifs is 1. The van der Waals surface area contributed by atoms with Gasteiger partial charge in [-0.2, -0.15) is 0 Å². The molecule has 0 aliphatic rings. The Morgan fingerprint density at radius 3 is 1.82 bits per heavy atom. The fraction of sp³-hybridized carbons (Fsp3) is 0.400. The zero-order valence-corrected chi connectivity index (χ0v) is 11.3. The molecule has 0 saturated heterocycles. The van der Waals surface area contributed by atoms with E-state index in [4.69, 9.17) is 4.42 Å². The van der Waals surface area contributed by atoms with Crippen LogP contribution < -0.4 is 5.43 Å². The fourth-order valence-corrected chi connectivity index (χ4v) is 2.26. The van der Waals surface area contributed by atoms with E-state index in [0.717, 1.165) is 22.1 Å². The van der Waals surface area contributed by atoms with E-state index in [1.54, 1.807) is 0 Å². The van der Waals surface area contributed by atoms with E-state index < -0.39 is 0 Å². The lowest BCUT2D eigenvalue weighted by Crippen LogP contribution is -2.11. The van der Waals surface area contributed by atoms with E-state index in [1.807, 2.05) is 27.7 Å². The van der Waals surface area contributed by atoms with Gasteiger partial charge in [-0.15, -0.1) is 0 Å². The summed E-state index contributed by atoms with van der Waals surface area (Å²) < 4.78 is 5.82. The molecule has 0 amide bonds. The van der Waals surface area contributed by atoms with Crippen molar-refractivity contribution < 1.29 is 4.42 Å². The maximum absolute atomic E-state index is 12.3. The highest BCUT2D eigenvalue weighted by Gasteiger charge is 2.16. The molecule has 0 unspecified atom stereocenters. The van der Waals surface area contributed by atoms with Crippen LogP contribution in [0.5, 0.6) is 0 Å². The SMILES string of the molecule is Cc1oc2c(C)c(C)c(C)c(C)c2c(=O)c1C. The van der Waals surface area contributed by atoms with Crippen molar-refractivity contribution in [3.63, 3.8) is 0 Å². The van der Waals surface area contributed by atoms with Crippen LogP contribution in [-0.2, 0) is 0 Å². The average molecular weight is 230 g/mol. The maximum Gasteiger partial charge on any atom is 0.196 e. The smallest absolute Gasteiger partial charge is 0.196 e. The van der Waals surface area contributed by atoms with Gasteiger partial charge in [0.15, 0.2) is 5.43 Å². The molecule has 1 aromatic heterocycles. The highest BCUT2D eigenvalue weighted by molar-refractivity contribution is 5.86. The number of hydrogen-bond acceptors (Lipinski definition) is 2. The summed E-state index contributed by atoms with van der Waals surface area (Å²) in [5.41, 5.74) is 6.07. The van der Waals surface area contributed by atoms with Crippen molar-refractivity contribution in [3.8, 4) is 0 Å². The Bertz CT molecular complexity index is 676. The highest BCUT2D eigenvalue weighted by Crippen LogP contribution is 2.28. The summed E-state index contributed by atoms with van der Waals surface area (Å²) >= 11 is 0. The summed E-state index contributed by atoms with van der Waals surface area (Å²) in [6.07, 6.45) is 0. The van der Waals surface area contributed by atoms with Crippen molar-refractivity contribution in [3.05, 3.63) is 43.8 Å². The number of hydrogen-bond donors (Lipinski definition) is 0. The molecule has 0 saturated carbocycles. The lowest BCUT2D eigenvalue weighted by molar-refractivity contribution is 0.556. The van der Waals surface area contributed by atoms with Gasteiger partial charge in [0, 0.05) is 5.56 Å². The molecule has 0 aliphatic heterocycles. The molecule has 90 valence electrons. The second-order valence-electron chi connectivity index (χ2n) is 4.82. The van der Waals surface area contributed by atoms with Crippen LogP contribution in [0.3, 0.4) is 0 Å². The largest absolute Gasteiger partial charge is 0.461 e. The summed E-state index contributed by atoms with van der Waals surface area (Å²) in [5.74, 6) is 0.716. The van der Waals surface area contributed by atoms with E-state index in [9.17, 15) is 4.79 Å². The third-order valence-electron chi connectivity index (χ3n) is 3.98. The molecule has 2 nitrogen and oxygen atoms in total. The third-order valence-corrected chi connectivity index (χ3v) is 3.98. The summed E-state index contributed by atoms with van der Waals surface area (Å²) in [7, 11) is 0. The van der Waals surface area contributed by atoms with Crippen LogP contribution in [-0.4, -0.2) is 0 Å². The average Bonchev–Trinajstić information content (AvgIpc) is 2.30. The number of benzene rings is 1. The third kappa shape index (κ3) is 1.51. The monoisotopic (exact) mass is 230 g/mol. The summed E-state index contributed by atoms with van der Waals surface area (Å²) in [5, 5.41) is 0.744. The van der Waals surface area contributed by atoms with Crippen molar-refractivity contribution in [1.82, 2.24) is 0 Å². The van der Waals surface area contributed by atoms with Crippen LogP contribution in [0.25, 0.3) is 11.0 Å². The second-order valence-corrected chi connectivity index (χ2v) is 4.82. The first-order valence-electron chi connectivity index (χ1n) is 5.86. The minimum Gasteiger partial charge on any atom is -0.461 e. The Morgan fingerprint density at radius 1 is 0.706 bits per heavy atom. The van der Waals surface area contributed by atoms with E-state index in [0.29, 0.717) is 11.3 Å². The van der Waals surface area contributed by atoms with Crippen molar-refractivity contribution in [2.45, 2.75) is 41.5 Å². The maximum atomic E-state index is 12.3. The summed E-state index contributed by atoms with van der Waals surface area (Å²) in [6, 6.07) is 0. The number of aryl methyl sites for hydroxylation is 3. The molecule has 0 fully saturated rings. The first-order chi connectivity index (χ1) is 7.86. The topological polar surface area (TPSA) is 30.2 Å². The molecule has 1 aromatic carbocycles. The van der Waals surface area contributed by atoms with Gasteiger partial charge < -0.3 is 4.42 Å². The van der Waals surface area contributed by atoms with Crippen molar-refractivity contribution in [2.24, 2.45) is 0 Å². The molecular formula is C15H18O2. The van der Waals surface area contributed by atoms with E-state index in [1.165, 1.54) is 11.1 Å². The molecular weight excluding hydrogens is 212 g/mol. The quantitative estimate of drug-likeness (QED) is 0.691. The Kier molecular flexibility index (Phi) is 2.61. The van der Waals surface area contributed by atoms with Crippen LogP contribution in [0.4, 0.5) is 0 Å². The molecule has 2 rings (SSSR count). The molecule has 0 N–H and O–H groups in total. The molecule has 17 heavy (non-hydrogen) atoms. The first-order valence-corrected chi connectivity index (χ1v) is 5.86. The minimum absolute atomic E-state index is 0.104. The second kappa shape index (κ2) is 3.73. The molecule has 0 bridgehead atoms. The zero-order chi connectivity index (χ0) is 12.9. The zero-order valence-electron chi connectivity index (χ0n) is 11.3. The van der Waals surface area contributed by atoms with Gasteiger partial charge in [-0.1, -0.05) is 0 Å². The molecule has 1 heterocycles. The Hall–Kier alpha value is -1.57. The highest BCUT2D eigenvalue weighted by atomic mass is 16.3. The Balaban J connectivity index is 3.18. The normalized spacial score (nSPS) is 11.2. The van der Waals surface area contributed by atoms with Crippen LogP contribution in [0.1, 0.15) is 33.6 Å². The van der Waals surface area contributed by atoms with Gasteiger partial charge in [0.1, 0.15) is 11.3 Å². The van der Waals surface area contributed by atoms with Gasteiger partial charge in [0.05, 0.1) is 5.39 Å². The molecule has 2 aromatic rings. The molecule has 0 aliphatic carbocycles. The lowest BCUT2D eigenvalue weighted by atomic mass is 9.94. The molecule has 0 radical (unpaired) electrons. The summed E-state index contributed by atoms with van der Waals surface area (Å²) in [4.78, 5) is 12.3. The predicted octanol–water partition coefficient (Wildman–Crippen LogP) is 3.64. The number of rotatable bonds is 0. The Labute approximate surface area is 101 Å². The van der Waals surface area contributed by atoms with Crippen LogP contribution in [0, 0.1) is 41.5 Å². The van der Waals surface area contributed by atoms with Crippen molar-refractivity contribution in [1.29, 1.82) is 0 Å². The summed E-state index contributed by atoms with van der Waals surface area (Å²) in [6.45, 7) is 11.8. The van der Waals surface area contributed by atoms with Crippen molar-refractivity contribution in [2.75, 3.05) is 0 Å². The van der Waals surface area contributed by atoms with Gasteiger partial charge in [-0.25, -0.2) is 0 Å². The van der Waals surface area contributed by atoms with E-state index >= 15 is 0 Å². The van der Waals surface area contributed by atoms with Crippen LogP contribution >= 0.6 is 0 Å². The lowest BCUT2D eigenvalue weighted by Gasteiger charge is -2.13. The van der Waals surface area contributed by atoms with Crippen LogP contribution in [0.15, 0.2) is 9.21 Å². The van der Waals surface area contributed by atoms with E-state index in [-0.39, 0.29) is 5.43 Å².